The van der Waals surface area contributed by atoms with Crippen LogP contribution in [0.15, 0.2) is 18.2 Å². The number of halogens is 1. The molecule has 3 fully saturated rings. The first kappa shape index (κ1) is 31.9. The summed E-state index contributed by atoms with van der Waals surface area (Å²) in [6, 6.07) is 1.70. The largest absolute Gasteiger partial charge is 0.504 e. The van der Waals surface area contributed by atoms with Gasteiger partial charge in [0.2, 0.25) is 18.0 Å². The predicted octanol–water partition coefficient (Wildman–Crippen LogP) is -1.56. The van der Waals surface area contributed by atoms with E-state index in [1.54, 1.807) is 20.8 Å². The Bertz CT molecular complexity index is 1330. The van der Waals surface area contributed by atoms with Crippen molar-refractivity contribution in [2.75, 3.05) is 19.6 Å². The summed E-state index contributed by atoms with van der Waals surface area (Å²) in [7, 11) is 0. The number of hydrogen-bond acceptors (Lipinski definition) is 11. The van der Waals surface area contributed by atoms with Crippen LogP contribution < -0.4 is 16.4 Å². The minimum absolute atomic E-state index is 0.188. The van der Waals surface area contributed by atoms with Crippen LogP contribution in [0.25, 0.3) is 0 Å². The van der Waals surface area contributed by atoms with Crippen molar-refractivity contribution in [3.05, 3.63) is 23.8 Å². The third-order valence-electron chi connectivity index (χ3n) is 6.83. The number of phenolic OH excluding ortho intramolecular Hbond substituents is 2. The number of carbonyl (C=O) groups excluding carboxylic acids is 7. The number of nitrogens with two attached hydrogens (primary N) is 1. The van der Waals surface area contributed by atoms with Gasteiger partial charge in [0.05, 0.1) is 6.42 Å². The Morgan fingerprint density at radius 1 is 1.17 bits per heavy atom. The molecule has 1 aromatic carbocycles. The maximum absolute atomic E-state index is 12.8. The molecule has 1 aromatic rings. The molecule has 0 aliphatic carbocycles. The minimum Gasteiger partial charge on any atom is -0.504 e. The first-order valence-electron chi connectivity index (χ1n) is 12.4. The number of benzene rings is 1. The molecule has 228 valence electrons. The number of aromatic hydroxyl groups is 2. The molecule has 0 spiro atoms. The summed E-state index contributed by atoms with van der Waals surface area (Å²) in [4.78, 5) is 87.9. The van der Waals surface area contributed by atoms with Crippen LogP contribution in [-0.4, -0.2) is 108 Å². The average molecular weight is 613 g/mol. The number of primary amides is 1. The van der Waals surface area contributed by atoms with Gasteiger partial charge in [0.15, 0.2) is 11.5 Å². The fourth-order valence-corrected chi connectivity index (χ4v) is 6.42. The highest BCUT2D eigenvalue weighted by Crippen LogP contribution is 2.54. The van der Waals surface area contributed by atoms with Gasteiger partial charge in [0.1, 0.15) is 11.4 Å². The predicted molar refractivity (Wildman–Crippen MR) is 140 cm³/mol. The van der Waals surface area contributed by atoms with E-state index in [1.807, 2.05) is 0 Å². The number of β-lactam (4-membered cyclic amide) rings is 1. The number of phenols is 2. The summed E-state index contributed by atoms with van der Waals surface area (Å²) in [5.74, 6) is -4.95. The summed E-state index contributed by atoms with van der Waals surface area (Å²) in [6.45, 7) is 6.01. The Morgan fingerprint density at radius 3 is 2.38 bits per heavy atom. The van der Waals surface area contributed by atoms with E-state index in [0.29, 0.717) is 18.7 Å². The van der Waals surface area contributed by atoms with Crippen molar-refractivity contribution in [3.63, 3.8) is 0 Å². The second kappa shape index (κ2) is 12.1. The number of nitrogens with zero attached hydrogens (tertiary/aromatic N) is 3. The number of urea groups is 1. The van der Waals surface area contributed by atoms with Crippen molar-refractivity contribution < 1.29 is 53.2 Å². The van der Waals surface area contributed by atoms with Gasteiger partial charge >= 0.3 is 23.8 Å². The number of hydrogen-bond donors (Lipinski definition) is 5. The lowest BCUT2D eigenvalue weighted by molar-refractivity contribution is -0.197. The van der Waals surface area contributed by atoms with Crippen molar-refractivity contribution in [2.45, 2.75) is 49.0 Å². The highest BCUT2D eigenvalue weighted by molar-refractivity contribution is 8.01. The van der Waals surface area contributed by atoms with E-state index in [-0.39, 0.29) is 25.1 Å². The summed E-state index contributed by atoms with van der Waals surface area (Å²) < 4.78 is 11.6. The van der Waals surface area contributed by atoms with Gasteiger partial charge in [-0.15, -0.1) is 11.8 Å². The molecule has 3 heterocycles. The Kier molecular flexibility index (Phi) is 9.19. The SMILES string of the molecule is CC1(C)S[C@H]2N(C(=O)[C@@]2(NC=O)NC(=O)Cc2ccc(O)c(O)c2)[C@H]1C(=O)OF.CCN1CCN(C(N)=O)C(=O)C1=O. The Morgan fingerprint density at radius 2 is 1.83 bits per heavy atom. The van der Waals surface area contributed by atoms with Gasteiger partial charge in [0.25, 0.3) is 5.91 Å². The number of nitrogens with one attached hydrogen (secondary N) is 2. The van der Waals surface area contributed by atoms with E-state index in [0.717, 1.165) is 21.6 Å². The van der Waals surface area contributed by atoms with Crippen molar-refractivity contribution in [1.82, 2.24) is 25.3 Å². The summed E-state index contributed by atoms with van der Waals surface area (Å²) >= 11 is 1.10. The summed E-state index contributed by atoms with van der Waals surface area (Å²) in [5, 5.41) is 22.8. The highest BCUT2D eigenvalue weighted by Gasteiger charge is 2.73. The molecule has 3 atom stereocenters. The van der Waals surface area contributed by atoms with E-state index >= 15 is 0 Å². The molecular weight excluding hydrogens is 583 g/mol. The van der Waals surface area contributed by atoms with Crippen LogP contribution in [0.3, 0.4) is 0 Å². The van der Waals surface area contributed by atoms with Gasteiger partial charge in [-0.2, -0.15) is 0 Å². The zero-order valence-corrected chi connectivity index (χ0v) is 23.5. The van der Waals surface area contributed by atoms with Crippen LogP contribution in [-0.2, 0) is 40.1 Å². The second-order valence-corrected chi connectivity index (χ2v) is 11.6. The van der Waals surface area contributed by atoms with Gasteiger partial charge in [-0.25, -0.2) is 9.59 Å². The number of thioether (sulfide) groups is 1. The molecule has 3 aliphatic heterocycles. The molecule has 7 amide bonds. The topological polar surface area (TPSA) is 229 Å². The normalized spacial score (nSPS) is 24.1. The summed E-state index contributed by atoms with van der Waals surface area (Å²) in [5.41, 5.74) is 3.44. The van der Waals surface area contributed by atoms with Crippen LogP contribution >= 0.6 is 11.8 Å². The average Bonchev–Trinajstić information content (AvgIpc) is 3.20. The number of carbonyl (C=O) groups is 7. The molecule has 3 saturated heterocycles. The lowest BCUT2D eigenvalue weighted by Gasteiger charge is -2.52. The Balaban J connectivity index is 0.000000312. The Labute approximate surface area is 242 Å². The number of piperazine rings is 1. The highest BCUT2D eigenvalue weighted by atomic mass is 32.2. The lowest BCUT2D eigenvalue weighted by atomic mass is 9.91. The fraction of sp³-hybridized carbons (Fsp3) is 0.458. The molecule has 18 heteroatoms. The molecule has 0 unspecified atom stereocenters. The smallest absolute Gasteiger partial charge is 0.372 e. The molecule has 42 heavy (non-hydrogen) atoms. The van der Waals surface area contributed by atoms with Crippen LogP contribution in [0.1, 0.15) is 26.3 Å². The van der Waals surface area contributed by atoms with E-state index < -0.39 is 63.2 Å². The Hall–Kier alpha value is -4.61. The maximum Gasteiger partial charge on any atom is 0.372 e. The zero-order valence-electron chi connectivity index (χ0n) is 22.7. The fourth-order valence-electron chi connectivity index (χ4n) is 4.77. The van der Waals surface area contributed by atoms with Crippen LogP contribution in [0.4, 0.5) is 9.32 Å². The van der Waals surface area contributed by atoms with Crippen LogP contribution in [0.5, 0.6) is 11.5 Å². The van der Waals surface area contributed by atoms with Gasteiger partial charge in [-0.05, 0) is 38.5 Å². The third kappa shape index (κ3) is 5.74. The van der Waals surface area contributed by atoms with Crippen LogP contribution in [0.2, 0.25) is 0 Å². The van der Waals surface area contributed by atoms with E-state index in [9.17, 15) is 48.3 Å². The molecular formula is C24H29FN6O10S. The maximum atomic E-state index is 12.8. The first-order chi connectivity index (χ1) is 19.6. The molecule has 16 nitrogen and oxygen atoms in total. The zero-order chi connectivity index (χ0) is 31.6. The monoisotopic (exact) mass is 612 g/mol. The third-order valence-corrected chi connectivity index (χ3v) is 8.47. The molecule has 4 rings (SSSR count). The first-order valence-corrected chi connectivity index (χ1v) is 13.3. The molecule has 6 N–H and O–H groups in total. The number of imide groups is 1. The van der Waals surface area contributed by atoms with Gasteiger partial charge in [-0.1, -0.05) is 6.07 Å². The van der Waals surface area contributed by atoms with Crippen molar-refractivity contribution in [2.24, 2.45) is 5.73 Å². The van der Waals surface area contributed by atoms with Crippen molar-refractivity contribution in [1.29, 1.82) is 0 Å². The van der Waals surface area contributed by atoms with Crippen molar-refractivity contribution >= 4 is 53.8 Å². The van der Waals surface area contributed by atoms with E-state index in [1.165, 1.54) is 23.1 Å². The molecule has 3 aliphatic rings. The molecule has 0 bridgehead atoms. The molecule has 0 saturated carbocycles. The van der Waals surface area contributed by atoms with E-state index in [2.05, 4.69) is 15.6 Å². The van der Waals surface area contributed by atoms with Crippen LogP contribution in [0, 0.1) is 0 Å². The minimum atomic E-state index is -1.81. The number of likely N-dealkylation sites (N-methyl/N-ethyl adjacent to an activating group) is 1. The lowest BCUT2D eigenvalue weighted by Crippen LogP contribution is -2.84. The second-order valence-electron chi connectivity index (χ2n) is 9.88. The number of fused-ring (bicyclic) bond motifs is 1. The summed E-state index contributed by atoms with van der Waals surface area (Å²) in [6.07, 6.45) is -0.0175. The quantitative estimate of drug-likeness (QED) is 0.0778. The molecule has 0 radical (unpaired) electrons. The van der Waals surface area contributed by atoms with Crippen molar-refractivity contribution in [3.8, 4) is 11.5 Å². The standard InChI is InChI=1S/C17H18FN3O7S.C7H11N3O3/c1-16(2)12(13(26)28-18)21-14(27)17(19-7-22,15(21)29-16)20-11(25)6-8-3-4-9(23)10(24)5-8;1-2-9-3-4-10(7(8)13)6(12)5(9)11/h3-5,7,12,15,23-24H,6H2,1-2H3,(H,19,22)(H,20,25);2-4H2,1H3,(H2,8,13)/t12-,15+,17+;/m0./s1. The van der Waals surface area contributed by atoms with Gasteiger partial charge in [0, 0.05) is 28.9 Å². The molecule has 0 aromatic heterocycles. The van der Waals surface area contributed by atoms with Gasteiger partial charge in [-0.3, -0.25) is 33.8 Å². The number of amides is 7. The number of rotatable bonds is 7. The van der Waals surface area contributed by atoms with Gasteiger partial charge < -0.3 is 36.4 Å². The van der Waals surface area contributed by atoms with E-state index in [4.69, 9.17) is 5.73 Å².